The number of halogens is 2. The number of aliphatic hydroxyl groups excluding tert-OH is 1. The molecule has 0 heterocycles. The molecule has 118 valence electrons. The third-order valence-electron chi connectivity index (χ3n) is 2.88. The van der Waals surface area contributed by atoms with Crippen molar-refractivity contribution in [3.63, 3.8) is 0 Å². The Hall–Kier alpha value is -1.89. The van der Waals surface area contributed by atoms with Crippen LogP contribution in [-0.2, 0) is 0 Å². The van der Waals surface area contributed by atoms with Crippen LogP contribution >= 0.6 is 0 Å². The first-order valence-electron chi connectivity index (χ1n) is 6.65. The van der Waals surface area contributed by atoms with E-state index in [1.54, 1.807) is 6.07 Å². The Kier molecular flexibility index (Phi) is 6.87. The quantitative estimate of drug-likeness (QED) is 0.725. The highest BCUT2D eigenvalue weighted by Gasteiger charge is 2.15. The van der Waals surface area contributed by atoms with Crippen molar-refractivity contribution in [2.24, 2.45) is 5.92 Å². The van der Waals surface area contributed by atoms with Crippen LogP contribution in [0.5, 0.6) is 5.75 Å². The maximum Gasteiger partial charge on any atom is 0.387 e. The highest BCUT2D eigenvalue weighted by molar-refractivity contribution is 5.89. The molecule has 5 nitrogen and oxygen atoms in total. The van der Waals surface area contributed by atoms with Gasteiger partial charge in [-0.25, -0.2) is 4.79 Å². The van der Waals surface area contributed by atoms with Gasteiger partial charge in [0.15, 0.2) is 0 Å². The van der Waals surface area contributed by atoms with Crippen molar-refractivity contribution in [2.75, 3.05) is 11.9 Å². The Morgan fingerprint density at radius 1 is 1.38 bits per heavy atom. The van der Waals surface area contributed by atoms with Crippen LogP contribution in [0.3, 0.4) is 0 Å². The van der Waals surface area contributed by atoms with Crippen LogP contribution < -0.4 is 15.4 Å². The van der Waals surface area contributed by atoms with Crippen LogP contribution in [0, 0.1) is 5.92 Å². The lowest BCUT2D eigenvalue weighted by Crippen LogP contribution is -2.41. The zero-order valence-electron chi connectivity index (χ0n) is 12.0. The van der Waals surface area contributed by atoms with Crippen LogP contribution in [0.1, 0.15) is 20.3 Å². The molecule has 0 radical (unpaired) electrons. The van der Waals surface area contributed by atoms with Gasteiger partial charge in [0.05, 0.1) is 0 Å². The van der Waals surface area contributed by atoms with Gasteiger partial charge in [0, 0.05) is 24.4 Å². The smallest absolute Gasteiger partial charge is 0.387 e. The van der Waals surface area contributed by atoms with Gasteiger partial charge >= 0.3 is 12.6 Å². The molecule has 0 saturated carbocycles. The van der Waals surface area contributed by atoms with Gasteiger partial charge in [0.25, 0.3) is 0 Å². The monoisotopic (exact) mass is 302 g/mol. The van der Waals surface area contributed by atoms with Crippen molar-refractivity contribution >= 4 is 11.7 Å². The molecule has 1 atom stereocenters. The lowest BCUT2D eigenvalue weighted by Gasteiger charge is -2.21. The van der Waals surface area contributed by atoms with Gasteiger partial charge < -0.3 is 20.5 Å². The third-order valence-corrected chi connectivity index (χ3v) is 2.88. The molecule has 0 bridgehead atoms. The highest BCUT2D eigenvalue weighted by Crippen LogP contribution is 2.19. The van der Waals surface area contributed by atoms with Gasteiger partial charge in [-0.1, -0.05) is 19.9 Å². The van der Waals surface area contributed by atoms with Crippen LogP contribution in [0.25, 0.3) is 0 Å². The Morgan fingerprint density at radius 3 is 2.67 bits per heavy atom. The van der Waals surface area contributed by atoms with Crippen molar-refractivity contribution in [2.45, 2.75) is 32.9 Å². The van der Waals surface area contributed by atoms with Crippen molar-refractivity contribution < 1.29 is 23.4 Å². The molecule has 0 spiro atoms. The van der Waals surface area contributed by atoms with Crippen LogP contribution in [0.2, 0.25) is 0 Å². The van der Waals surface area contributed by atoms with Gasteiger partial charge in [-0.3, -0.25) is 0 Å². The molecule has 0 aliphatic carbocycles. The van der Waals surface area contributed by atoms with E-state index in [-0.39, 0.29) is 24.3 Å². The lowest BCUT2D eigenvalue weighted by atomic mass is 10.0. The summed E-state index contributed by atoms with van der Waals surface area (Å²) in [4.78, 5) is 11.8. The van der Waals surface area contributed by atoms with Crippen molar-refractivity contribution in [3.8, 4) is 5.75 Å². The number of hydrogen-bond donors (Lipinski definition) is 3. The Labute approximate surface area is 122 Å². The summed E-state index contributed by atoms with van der Waals surface area (Å²) in [5, 5.41) is 14.2. The number of alkyl halides is 2. The fourth-order valence-corrected chi connectivity index (χ4v) is 1.80. The van der Waals surface area contributed by atoms with Gasteiger partial charge in [-0.15, -0.1) is 0 Å². The molecule has 0 saturated heterocycles. The Morgan fingerprint density at radius 2 is 2.10 bits per heavy atom. The first-order valence-corrected chi connectivity index (χ1v) is 6.65. The van der Waals surface area contributed by atoms with E-state index >= 15 is 0 Å². The van der Waals surface area contributed by atoms with Gasteiger partial charge in [0.2, 0.25) is 0 Å². The molecule has 2 amide bonds. The number of nitrogens with one attached hydrogen (secondary N) is 2. The van der Waals surface area contributed by atoms with Crippen molar-refractivity contribution in [1.82, 2.24) is 5.32 Å². The standard InChI is InChI=1S/C14H20F2N2O3/c1-9(2)12(6-7-19)18-14(20)17-10-4-3-5-11(8-10)21-13(15)16/h3-5,8-9,12-13,19H,6-7H2,1-2H3,(H2,17,18,20). The normalized spacial score (nSPS) is 12.3. The van der Waals surface area contributed by atoms with Crippen molar-refractivity contribution in [3.05, 3.63) is 24.3 Å². The minimum absolute atomic E-state index is 0.0269. The van der Waals surface area contributed by atoms with Gasteiger partial charge in [0.1, 0.15) is 5.75 Å². The number of hydrogen-bond acceptors (Lipinski definition) is 3. The van der Waals surface area contributed by atoms with E-state index in [2.05, 4.69) is 15.4 Å². The fourth-order valence-electron chi connectivity index (χ4n) is 1.80. The molecule has 1 aromatic rings. The summed E-state index contributed by atoms with van der Waals surface area (Å²) in [6.07, 6.45) is 0.444. The third kappa shape index (κ3) is 6.40. The summed E-state index contributed by atoms with van der Waals surface area (Å²) in [6, 6.07) is 5.11. The molecule has 0 aliphatic heterocycles. The minimum atomic E-state index is -2.91. The Bertz CT molecular complexity index is 456. The minimum Gasteiger partial charge on any atom is -0.435 e. The molecule has 1 unspecified atom stereocenters. The number of rotatable bonds is 7. The molecule has 0 fully saturated rings. The first kappa shape index (κ1) is 17.2. The first-order chi connectivity index (χ1) is 9.92. The summed E-state index contributed by atoms with van der Waals surface area (Å²) in [5.41, 5.74) is 0.345. The number of amides is 2. The SMILES string of the molecule is CC(C)C(CCO)NC(=O)Nc1cccc(OC(F)F)c1. The number of aliphatic hydroxyl groups is 1. The van der Waals surface area contributed by atoms with Crippen molar-refractivity contribution in [1.29, 1.82) is 0 Å². The summed E-state index contributed by atoms with van der Waals surface area (Å²) in [6.45, 7) is 0.917. The summed E-state index contributed by atoms with van der Waals surface area (Å²) >= 11 is 0. The average molecular weight is 302 g/mol. The second-order valence-corrected chi connectivity index (χ2v) is 4.87. The molecular formula is C14H20F2N2O3. The van der Waals surface area contributed by atoms with E-state index in [4.69, 9.17) is 5.11 Å². The van der Waals surface area contributed by atoms with Crippen LogP contribution in [0.4, 0.5) is 19.3 Å². The van der Waals surface area contributed by atoms with Crippen LogP contribution in [-0.4, -0.2) is 30.4 Å². The summed E-state index contributed by atoms with van der Waals surface area (Å²) in [5.74, 6) is 0.134. The largest absolute Gasteiger partial charge is 0.435 e. The zero-order chi connectivity index (χ0) is 15.8. The predicted octanol–water partition coefficient (Wildman–Crippen LogP) is 2.82. The van der Waals surface area contributed by atoms with E-state index in [1.807, 2.05) is 13.8 Å². The molecule has 7 heteroatoms. The molecule has 3 N–H and O–H groups in total. The van der Waals surface area contributed by atoms with Crippen LogP contribution in [0.15, 0.2) is 24.3 Å². The number of ether oxygens (including phenoxy) is 1. The zero-order valence-corrected chi connectivity index (χ0v) is 12.0. The van der Waals surface area contributed by atoms with Gasteiger partial charge in [-0.05, 0) is 24.5 Å². The maximum atomic E-state index is 12.1. The van der Waals surface area contributed by atoms with E-state index in [9.17, 15) is 13.6 Å². The second kappa shape index (κ2) is 8.41. The average Bonchev–Trinajstić information content (AvgIpc) is 2.37. The second-order valence-electron chi connectivity index (χ2n) is 4.87. The van der Waals surface area contributed by atoms with E-state index in [1.165, 1.54) is 18.2 Å². The Balaban J connectivity index is 2.61. The summed E-state index contributed by atoms with van der Waals surface area (Å²) < 4.78 is 28.5. The number of anilines is 1. The molecule has 1 rings (SSSR count). The van der Waals surface area contributed by atoms with E-state index in [0.717, 1.165) is 0 Å². The predicted molar refractivity (Wildman–Crippen MR) is 75.6 cm³/mol. The fraction of sp³-hybridized carbons (Fsp3) is 0.500. The number of carbonyl (C=O) groups excluding carboxylic acids is 1. The highest BCUT2D eigenvalue weighted by atomic mass is 19.3. The molecular weight excluding hydrogens is 282 g/mol. The molecule has 1 aromatic carbocycles. The number of urea groups is 1. The molecule has 21 heavy (non-hydrogen) atoms. The van der Waals surface area contributed by atoms with E-state index in [0.29, 0.717) is 12.1 Å². The van der Waals surface area contributed by atoms with E-state index < -0.39 is 12.6 Å². The molecule has 0 aromatic heterocycles. The number of benzene rings is 1. The number of carbonyl (C=O) groups is 1. The van der Waals surface area contributed by atoms with Gasteiger partial charge in [-0.2, -0.15) is 8.78 Å². The molecule has 0 aliphatic rings. The maximum absolute atomic E-state index is 12.1. The summed E-state index contributed by atoms with van der Waals surface area (Å²) in [7, 11) is 0. The topological polar surface area (TPSA) is 70.6 Å². The lowest BCUT2D eigenvalue weighted by molar-refractivity contribution is -0.0497.